The predicted molar refractivity (Wildman–Crippen MR) is 107 cm³/mol. The smallest absolute Gasteiger partial charge is 0.306 e. The minimum Gasteiger partial charge on any atom is -0.453 e. The van der Waals surface area contributed by atoms with Gasteiger partial charge in [0.2, 0.25) is 0 Å². The molecule has 150 valence electrons. The Morgan fingerprint density at radius 3 is 2.44 bits per heavy atom. The van der Waals surface area contributed by atoms with Crippen molar-refractivity contribution >= 4 is 23.6 Å². The Kier molecular flexibility index (Phi) is 8.07. The molecular weight excluding hydrogens is 362 g/mol. The molecule has 3 atom stereocenters. The summed E-state index contributed by atoms with van der Waals surface area (Å²) < 4.78 is 5.34. The maximum Gasteiger partial charge on any atom is 0.306 e. The third kappa shape index (κ3) is 6.19. The minimum absolute atomic E-state index is 0.185. The summed E-state index contributed by atoms with van der Waals surface area (Å²) in [6.45, 7) is 7.65. The average Bonchev–Trinajstić information content (AvgIpc) is 2.62. The molecule has 1 aromatic rings. The van der Waals surface area contributed by atoms with Gasteiger partial charge in [0, 0.05) is 23.9 Å². The van der Waals surface area contributed by atoms with E-state index in [-0.39, 0.29) is 24.3 Å². The number of aryl methyl sites for hydroxylation is 2. The third-order valence-electron chi connectivity index (χ3n) is 5.28. The Bertz CT molecular complexity index is 657. The first-order valence-electron chi connectivity index (χ1n) is 9.69. The molecule has 1 aliphatic rings. The van der Waals surface area contributed by atoms with Crippen molar-refractivity contribution in [2.45, 2.75) is 83.5 Å². The van der Waals surface area contributed by atoms with Crippen LogP contribution < -0.4 is 5.32 Å². The number of hydrogen-bond acceptors (Lipinski definition) is 6. The highest BCUT2D eigenvalue weighted by molar-refractivity contribution is 7.98. The van der Waals surface area contributed by atoms with Gasteiger partial charge in [-0.2, -0.15) is 0 Å². The molecule has 0 unspecified atom stereocenters. The van der Waals surface area contributed by atoms with E-state index in [0.717, 1.165) is 41.4 Å². The van der Waals surface area contributed by atoms with Crippen LogP contribution >= 0.6 is 11.8 Å². The lowest BCUT2D eigenvalue weighted by Crippen LogP contribution is -2.46. The molecule has 6 nitrogen and oxygen atoms in total. The van der Waals surface area contributed by atoms with Gasteiger partial charge in [0.15, 0.2) is 11.3 Å². The molecule has 2 rings (SSSR count). The Hall–Kier alpha value is -1.63. The largest absolute Gasteiger partial charge is 0.453 e. The number of hydrogen-bond donors (Lipinski definition) is 1. The van der Waals surface area contributed by atoms with Crippen LogP contribution in [0.25, 0.3) is 0 Å². The molecule has 7 heteroatoms. The summed E-state index contributed by atoms with van der Waals surface area (Å²) in [6.07, 6.45) is 6.38. The average molecular weight is 394 g/mol. The van der Waals surface area contributed by atoms with E-state index in [0.29, 0.717) is 12.3 Å². The molecule has 1 N–H and O–H groups in total. The number of carbonyl (C=O) groups is 2. The van der Waals surface area contributed by atoms with E-state index in [9.17, 15) is 9.59 Å². The summed E-state index contributed by atoms with van der Waals surface area (Å²) in [5, 5.41) is 3.77. The number of aromatic nitrogens is 2. The predicted octanol–water partition coefficient (Wildman–Crippen LogP) is 3.37. The van der Waals surface area contributed by atoms with E-state index in [1.807, 2.05) is 20.1 Å². The van der Waals surface area contributed by atoms with Gasteiger partial charge in [0.25, 0.3) is 5.91 Å². The number of esters is 1. The zero-order valence-corrected chi connectivity index (χ0v) is 17.8. The van der Waals surface area contributed by atoms with E-state index in [1.165, 1.54) is 18.2 Å². The van der Waals surface area contributed by atoms with E-state index in [2.05, 4.69) is 22.2 Å². The van der Waals surface area contributed by atoms with Crippen molar-refractivity contribution < 1.29 is 14.3 Å². The van der Waals surface area contributed by atoms with E-state index < -0.39 is 6.10 Å². The van der Waals surface area contributed by atoms with Gasteiger partial charge < -0.3 is 10.1 Å². The number of thioether (sulfide) groups is 1. The van der Waals surface area contributed by atoms with Crippen molar-refractivity contribution in [2.24, 2.45) is 5.92 Å². The van der Waals surface area contributed by atoms with Crippen LogP contribution in [0.5, 0.6) is 0 Å². The molecule has 0 aliphatic heterocycles. The Morgan fingerprint density at radius 1 is 1.22 bits per heavy atom. The second-order valence-corrected chi connectivity index (χ2v) is 8.14. The number of nitrogens with zero attached hydrogens (tertiary/aromatic N) is 2. The van der Waals surface area contributed by atoms with Gasteiger partial charge in [-0.3, -0.25) is 9.59 Å². The molecular formula is C20H31N3O3S. The SMILES string of the molecule is CSc1nc(C)c(CCC(=O)O[C@@H](C)C(=O)N[C@@H]2CCCC[C@@H]2C)c(C)n1. The molecule has 27 heavy (non-hydrogen) atoms. The van der Waals surface area contributed by atoms with Crippen molar-refractivity contribution in [3.63, 3.8) is 0 Å². The van der Waals surface area contributed by atoms with Crippen LogP contribution in [0.1, 0.15) is 62.9 Å². The summed E-state index contributed by atoms with van der Waals surface area (Å²) in [4.78, 5) is 33.4. The van der Waals surface area contributed by atoms with Crippen molar-refractivity contribution in [3.05, 3.63) is 17.0 Å². The molecule has 1 amide bonds. The maximum atomic E-state index is 12.3. The van der Waals surface area contributed by atoms with E-state index in [1.54, 1.807) is 6.92 Å². The standard InChI is InChI=1S/C20H31N3O3S/c1-12-8-6-7-9-17(12)23-19(25)15(4)26-18(24)11-10-16-13(2)21-20(27-5)22-14(16)3/h12,15,17H,6-11H2,1-5H3,(H,23,25)/t12-,15-,17+/m0/s1. The van der Waals surface area contributed by atoms with Crippen LogP contribution in [0.3, 0.4) is 0 Å². The first-order chi connectivity index (χ1) is 12.8. The van der Waals surface area contributed by atoms with Crippen molar-refractivity contribution in [1.82, 2.24) is 15.3 Å². The molecule has 0 bridgehead atoms. The fraction of sp³-hybridized carbons (Fsp3) is 0.700. The fourth-order valence-corrected chi connectivity index (χ4v) is 3.99. The van der Waals surface area contributed by atoms with Crippen LogP contribution in [-0.2, 0) is 20.7 Å². The van der Waals surface area contributed by atoms with Gasteiger partial charge in [0.1, 0.15) is 0 Å². The molecule has 1 aliphatic carbocycles. The minimum atomic E-state index is -0.774. The van der Waals surface area contributed by atoms with E-state index in [4.69, 9.17) is 4.74 Å². The summed E-state index contributed by atoms with van der Waals surface area (Å²) in [5.74, 6) is -0.106. The van der Waals surface area contributed by atoms with Crippen LogP contribution in [0.2, 0.25) is 0 Å². The number of rotatable bonds is 7. The topological polar surface area (TPSA) is 81.2 Å². The fourth-order valence-electron chi connectivity index (χ4n) is 3.53. The maximum absolute atomic E-state index is 12.3. The highest BCUT2D eigenvalue weighted by Crippen LogP contribution is 2.24. The lowest BCUT2D eigenvalue weighted by atomic mass is 9.86. The molecule has 0 aromatic carbocycles. The lowest BCUT2D eigenvalue weighted by molar-refractivity contribution is -0.155. The summed E-state index contributed by atoms with van der Waals surface area (Å²) in [6, 6.07) is 0.185. The molecule has 0 radical (unpaired) electrons. The summed E-state index contributed by atoms with van der Waals surface area (Å²) >= 11 is 1.50. The zero-order valence-electron chi connectivity index (χ0n) is 17.0. The van der Waals surface area contributed by atoms with Crippen molar-refractivity contribution in [2.75, 3.05) is 6.26 Å². The van der Waals surface area contributed by atoms with Crippen LogP contribution in [0.4, 0.5) is 0 Å². The molecule has 1 aromatic heterocycles. The Labute approximate surface area is 166 Å². The second kappa shape index (κ2) is 10.1. The number of ether oxygens (including phenoxy) is 1. The first kappa shape index (κ1) is 21.7. The lowest BCUT2D eigenvalue weighted by Gasteiger charge is -2.30. The molecule has 1 fully saturated rings. The molecule has 0 spiro atoms. The number of nitrogens with one attached hydrogen (secondary N) is 1. The summed E-state index contributed by atoms with van der Waals surface area (Å²) in [5.41, 5.74) is 2.74. The summed E-state index contributed by atoms with van der Waals surface area (Å²) in [7, 11) is 0. The van der Waals surface area contributed by atoms with Crippen LogP contribution in [0, 0.1) is 19.8 Å². The van der Waals surface area contributed by atoms with Crippen LogP contribution in [-0.4, -0.2) is 40.2 Å². The van der Waals surface area contributed by atoms with Gasteiger partial charge in [-0.05, 0) is 57.8 Å². The number of carbonyl (C=O) groups excluding carboxylic acids is 2. The van der Waals surface area contributed by atoms with Gasteiger partial charge >= 0.3 is 5.97 Å². The molecule has 0 saturated heterocycles. The van der Waals surface area contributed by atoms with Gasteiger partial charge in [0.05, 0.1) is 0 Å². The zero-order chi connectivity index (χ0) is 20.0. The van der Waals surface area contributed by atoms with Gasteiger partial charge in [-0.25, -0.2) is 9.97 Å². The van der Waals surface area contributed by atoms with Crippen molar-refractivity contribution in [3.8, 4) is 0 Å². The van der Waals surface area contributed by atoms with Gasteiger partial charge in [-0.1, -0.05) is 31.5 Å². The normalized spacial score (nSPS) is 20.8. The second-order valence-electron chi connectivity index (χ2n) is 7.37. The third-order valence-corrected chi connectivity index (χ3v) is 5.83. The molecule has 1 heterocycles. The Morgan fingerprint density at radius 2 is 1.85 bits per heavy atom. The highest BCUT2D eigenvalue weighted by Gasteiger charge is 2.26. The van der Waals surface area contributed by atoms with Gasteiger partial charge in [-0.15, -0.1) is 0 Å². The monoisotopic (exact) mass is 393 g/mol. The highest BCUT2D eigenvalue weighted by atomic mass is 32.2. The quantitative estimate of drug-likeness (QED) is 0.434. The number of amides is 1. The molecule has 1 saturated carbocycles. The first-order valence-corrected chi connectivity index (χ1v) is 10.9. The Balaban J connectivity index is 1.83. The van der Waals surface area contributed by atoms with Crippen LogP contribution in [0.15, 0.2) is 5.16 Å². The van der Waals surface area contributed by atoms with E-state index >= 15 is 0 Å². The van der Waals surface area contributed by atoms with Crippen molar-refractivity contribution in [1.29, 1.82) is 0 Å².